The lowest BCUT2D eigenvalue weighted by Crippen LogP contribution is -2.02. The lowest BCUT2D eigenvalue weighted by Gasteiger charge is -2.13. The van der Waals surface area contributed by atoms with Crippen LogP contribution in [0.15, 0.2) is 42.5 Å². The summed E-state index contributed by atoms with van der Waals surface area (Å²) >= 11 is 0. The van der Waals surface area contributed by atoms with Gasteiger partial charge in [0.25, 0.3) is 0 Å². The van der Waals surface area contributed by atoms with Crippen molar-refractivity contribution in [3.05, 3.63) is 53.6 Å². The first-order valence-electron chi connectivity index (χ1n) is 5.61. The maximum absolute atomic E-state index is 11.4. The van der Waals surface area contributed by atoms with Crippen molar-refractivity contribution >= 4 is 5.97 Å². The van der Waals surface area contributed by atoms with Gasteiger partial charge in [-0.1, -0.05) is 30.3 Å². The first-order chi connectivity index (χ1) is 8.63. The highest BCUT2D eigenvalue weighted by Gasteiger charge is 2.17. The van der Waals surface area contributed by atoms with Gasteiger partial charge in [-0.25, -0.2) is 4.79 Å². The third-order valence-corrected chi connectivity index (χ3v) is 2.76. The number of hydrogen-bond acceptors (Lipinski definition) is 2. The number of carboxylic acids is 1. The summed E-state index contributed by atoms with van der Waals surface area (Å²) in [5.41, 5.74) is 2.59. The van der Waals surface area contributed by atoms with E-state index in [0.717, 1.165) is 11.1 Å². The average Bonchev–Trinajstić information content (AvgIpc) is 2.38. The van der Waals surface area contributed by atoms with E-state index < -0.39 is 5.97 Å². The van der Waals surface area contributed by atoms with Crippen LogP contribution >= 0.6 is 0 Å². The fraction of sp³-hybridized carbons (Fsp3) is 0.133. The monoisotopic (exact) mass is 242 g/mol. The van der Waals surface area contributed by atoms with Crippen LogP contribution in [0.1, 0.15) is 15.9 Å². The van der Waals surface area contributed by atoms with E-state index in [1.807, 2.05) is 43.3 Å². The Morgan fingerprint density at radius 1 is 1.17 bits per heavy atom. The molecule has 0 amide bonds. The van der Waals surface area contributed by atoms with Gasteiger partial charge in [0.2, 0.25) is 0 Å². The van der Waals surface area contributed by atoms with E-state index in [2.05, 4.69) is 0 Å². The normalized spacial score (nSPS) is 10.1. The van der Waals surface area contributed by atoms with Crippen LogP contribution in [0.2, 0.25) is 0 Å². The van der Waals surface area contributed by atoms with E-state index in [9.17, 15) is 9.90 Å². The Morgan fingerprint density at radius 3 is 2.39 bits per heavy atom. The van der Waals surface area contributed by atoms with Crippen LogP contribution in [0.25, 0.3) is 11.1 Å². The second kappa shape index (κ2) is 4.92. The van der Waals surface area contributed by atoms with Gasteiger partial charge >= 0.3 is 5.97 Å². The van der Waals surface area contributed by atoms with E-state index in [1.54, 1.807) is 13.2 Å². The Kier molecular flexibility index (Phi) is 3.33. The first-order valence-corrected chi connectivity index (χ1v) is 5.61. The van der Waals surface area contributed by atoms with Gasteiger partial charge in [-0.3, -0.25) is 0 Å². The molecule has 0 heterocycles. The summed E-state index contributed by atoms with van der Waals surface area (Å²) in [4.78, 5) is 11.4. The molecule has 3 heteroatoms. The molecule has 2 aromatic rings. The molecule has 0 aliphatic heterocycles. The summed E-state index contributed by atoms with van der Waals surface area (Å²) in [5.74, 6) is -0.366. The molecule has 0 saturated heterocycles. The minimum Gasteiger partial charge on any atom is -0.496 e. The van der Waals surface area contributed by atoms with Gasteiger partial charge < -0.3 is 9.84 Å². The SMILES string of the molecule is COc1cc(C)cc(C(=O)O)c1-c1ccccc1. The van der Waals surface area contributed by atoms with Crippen molar-refractivity contribution in [1.82, 2.24) is 0 Å². The zero-order chi connectivity index (χ0) is 13.1. The summed E-state index contributed by atoms with van der Waals surface area (Å²) in [7, 11) is 1.55. The minimum atomic E-state index is -0.948. The zero-order valence-electron chi connectivity index (χ0n) is 10.3. The van der Waals surface area contributed by atoms with E-state index in [4.69, 9.17) is 4.74 Å². The van der Waals surface area contributed by atoms with Crippen LogP contribution in [0, 0.1) is 6.92 Å². The summed E-state index contributed by atoms with van der Waals surface area (Å²) < 4.78 is 5.31. The highest BCUT2D eigenvalue weighted by atomic mass is 16.5. The number of carboxylic acid groups (broad SMARTS) is 1. The third kappa shape index (κ3) is 2.20. The second-order valence-corrected chi connectivity index (χ2v) is 4.06. The molecule has 0 radical (unpaired) electrons. The van der Waals surface area contributed by atoms with E-state index in [1.165, 1.54) is 0 Å². The molecule has 2 aromatic carbocycles. The molecular weight excluding hydrogens is 228 g/mol. The number of aromatic carboxylic acids is 1. The van der Waals surface area contributed by atoms with Crippen molar-refractivity contribution in [2.45, 2.75) is 6.92 Å². The molecule has 0 aliphatic rings. The van der Waals surface area contributed by atoms with Crippen LogP contribution in [0.3, 0.4) is 0 Å². The van der Waals surface area contributed by atoms with Gasteiger partial charge in [-0.15, -0.1) is 0 Å². The largest absolute Gasteiger partial charge is 0.496 e. The number of hydrogen-bond donors (Lipinski definition) is 1. The van der Waals surface area contributed by atoms with E-state index in [0.29, 0.717) is 11.3 Å². The van der Waals surface area contributed by atoms with Crippen molar-refractivity contribution in [3.8, 4) is 16.9 Å². The molecule has 2 rings (SSSR count). The minimum absolute atomic E-state index is 0.262. The molecule has 0 spiro atoms. The van der Waals surface area contributed by atoms with Crippen LogP contribution in [0.5, 0.6) is 5.75 Å². The van der Waals surface area contributed by atoms with Crippen molar-refractivity contribution in [1.29, 1.82) is 0 Å². The van der Waals surface area contributed by atoms with Crippen LogP contribution in [-0.4, -0.2) is 18.2 Å². The Hall–Kier alpha value is -2.29. The molecule has 18 heavy (non-hydrogen) atoms. The van der Waals surface area contributed by atoms with Crippen molar-refractivity contribution < 1.29 is 14.6 Å². The Labute approximate surface area is 106 Å². The number of carbonyl (C=O) groups is 1. The quantitative estimate of drug-likeness (QED) is 0.897. The molecule has 0 unspecified atom stereocenters. The molecule has 1 N–H and O–H groups in total. The number of aryl methyl sites for hydroxylation is 1. The molecule has 0 atom stereocenters. The van der Waals surface area contributed by atoms with Crippen molar-refractivity contribution in [2.75, 3.05) is 7.11 Å². The molecule has 3 nitrogen and oxygen atoms in total. The maximum atomic E-state index is 11.4. The van der Waals surface area contributed by atoms with Crippen LogP contribution < -0.4 is 4.74 Å². The predicted molar refractivity (Wildman–Crippen MR) is 70.1 cm³/mol. The summed E-state index contributed by atoms with van der Waals surface area (Å²) in [6.07, 6.45) is 0. The van der Waals surface area contributed by atoms with Gasteiger partial charge in [0.15, 0.2) is 0 Å². The van der Waals surface area contributed by atoms with Gasteiger partial charge in [-0.2, -0.15) is 0 Å². The van der Waals surface area contributed by atoms with Crippen molar-refractivity contribution in [2.24, 2.45) is 0 Å². The van der Waals surface area contributed by atoms with Gasteiger partial charge in [0, 0.05) is 5.56 Å². The third-order valence-electron chi connectivity index (χ3n) is 2.76. The number of ether oxygens (including phenoxy) is 1. The standard InChI is InChI=1S/C15H14O3/c1-10-8-12(15(16)17)14(13(9-10)18-2)11-6-4-3-5-7-11/h3-9H,1-2H3,(H,16,17). The summed E-state index contributed by atoms with van der Waals surface area (Å²) in [6, 6.07) is 12.9. The number of benzene rings is 2. The van der Waals surface area contributed by atoms with Gasteiger partial charge in [0.1, 0.15) is 5.75 Å². The number of methoxy groups -OCH3 is 1. The molecule has 0 aliphatic carbocycles. The Balaban J connectivity index is 2.74. The second-order valence-electron chi connectivity index (χ2n) is 4.06. The maximum Gasteiger partial charge on any atom is 0.336 e. The molecule has 92 valence electrons. The lowest BCUT2D eigenvalue weighted by molar-refractivity contribution is 0.0697. The molecule has 0 saturated carbocycles. The smallest absolute Gasteiger partial charge is 0.336 e. The number of rotatable bonds is 3. The highest BCUT2D eigenvalue weighted by Crippen LogP contribution is 2.34. The Morgan fingerprint density at radius 2 is 1.83 bits per heavy atom. The zero-order valence-corrected chi connectivity index (χ0v) is 10.3. The van der Waals surface area contributed by atoms with Gasteiger partial charge in [-0.05, 0) is 30.2 Å². The lowest BCUT2D eigenvalue weighted by atomic mass is 9.96. The molecule has 0 aromatic heterocycles. The van der Waals surface area contributed by atoms with E-state index >= 15 is 0 Å². The summed E-state index contributed by atoms with van der Waals surface area (Å²) in [6.45, 7) is 1.85. The predicted octanol–water partition coefficient (Wildman–Crippen LogP) is 3.37. The fourth-order valence-corrected chi connectivity index (χ4v) is 1.99. The van der Waals surface area contributed by atoms with Crippen molar-refractivity contribution in [3.63, 3.8) is 0 Å². The topological polar surface area (TPSA) is 46.5 Å². The van der Waals surface area contributed by atoms with E-state index in [-0.39, 0.29) is 5.56 Å². The Bertz CT molecular complexity index is 574. The summed E-state index contributed by atoms with van der Waals surface area (Å²) in [5, 5.41) is 9.32. The highest BCUT2D eigenvalue weighted by molar-refractivity contribution is 5.98. The average molecular weight is 242 g/mol. The van der Waals surface area contributed by atoms with Crippen LogP contribution in [-0.2, 0) is 0 Å². The molecular formula is C15H14O3. The fourth-order valence-electron chi connectivity index (χ4n) is 1.99. The first kappa shape index (κ1) is 12.2. The van der Waals surface area contributed by atoms with Crippen LogP contribution in [0.4, 0.5) is 0 Å². The molecule has 0 fully saturated rings. The van der Waals surface area contributed by atoms with Gasteiger partial charge in [0.05, 0.1) is 12.7 Å². The molecule has 0 bridgehead atoms.